The number of hydrogen-bond acceptors (Lipinski definition) is 2. The van der Waals surface area contributed by atoms with Gasteiger partial charge in [-0.05, 0) is 24.3 Å². The molecule has 0 bridgehead atoms. The fraction of sp³-hybridized carbons (Fsp3) is 0.125. The number of halogens is 2. The summed E-state index contributed by atoms with van der Waals surface area (Å²) in [6.45, 7) is 0.321. The van der Waals surface area contributed by atoms with Crippen molar-refractivity contribution in [1.29, 1.82) is 5.26 Å². The summed E-state index contributed by atoms with van der Waals surface area (Å²) in [5, 5.41) is 11.8. The Bertz CT molecular complexity index is 263. The van der Waals surface area contributed by atoms with Gasteiger partial charge in [-0.25, -0.2) is 0 Å². The van der Waals surface area contributed by atoms with Crippen LogP contribution in [-0.4, -0.2) is 6.54 Å². The Balaban J connectivity index is 0.00000121. The maximum atomic E-state index is 8.24. The molecule has 4 heteroatoms. The summed E-state index contributed by atoms with van der Waals surface area (Å²) in [4.78, 5) is 0. The Morgan fingerprint density at radius 1 is 1.33 bits per heavy atom. The molecule has 0 radical (unpaired) electrons. The molecule has 2 nitrogen and oxygen atoms in total. The van der Waals surface area contributed by atoms with Gasteiger partial charge in [0.15, 0.2) is 0 Å². The molecule has 0 spiro atoms. The first-order valence-electron chi connectivity index (χ1n) is 3.19. The molecule has 1 rings (SSSR count). The van der Waals surface area contributed by atoms with E-state index in [0.29, 0.717) is 11.6 Å². The molecule has 0 unspecified atom stereocenters. The quantitative estimate of drug-likeness (QED) is 0.750. The van der Waals surface area contributed by atoms with Gasteiger partial charge in [-0.2, -0.15) is 5.26 Å². The van der Waals surface area contributed by atoms with Crippen LogP contribution in [0.3, 0.4) is 0 Å². The predicted octanol–water partition coefficient (Wildman–Crippen LogP) is 2.70. The second-order valence-electron chi connectivity index (χ2n) is 2.02. The molecular weight excluding hydrogens is 195 g/mol. The fourth-order valence-electron chi connectivity index (χ4n) is 0.709. The van der Waals surface area contributed by atoms with Crippen LogP contribution < -0.4 is 5.32 Å². The molecule has 0 saturated heterocycles. The van der Waals surface area contributed by atoms with Crippen LogP contribution in [0.4, 0.5) is 5.69 Å². The standard InChI is InChI=1S/C8H7ClN2.ClH/c9-7-1-3-8(4-2-7)11-6-5-10;/h1-4,11H,6H2;1H. The third-order valence-corrected chi connectivity index (χ3v) is 1.47. The number of anilines is 1. The van der Waals surface area contributed by atoms with Crippen molar-refractivity contribution >= 4 is 29.7 Å². The topological polar surface area (TPSA) is 35.8 Å². The van der Waals surface area contributed by atoms with Crippen molar-refractivity contribution in [2.24, 2.45) is 0 Å². The van der Waals surface area contributed by atoms with Crippen molar-refractivity contribution in [1.82, 2.24) is 0 Å². The van der Waals surface area contributed by atoms with Gasteiger partial charge in [0.05, 0.1) is 6.07 Å². The predicted molar refractivity (Wildman–Crippen MR) is 52.8 cm³/mol. The average molecular weight is 203 g/mol. The lowest BCUT2D eigenvalue weighted by Crippen LogP contribution is -1.96. The molecule has 0 aliphatic rings. The van der Waals surface area contributed by atoms with Crippen molar-refractivity contribution in [3.63, 3.8) is 0 Å². The first-order valence-corrected chi connectivity index (χ1v) is 3.57. The largest absolute Gasteiger partial charge is 0.372 e. The van der Waals surface area contributed by atoms with E-state index in [0.717, 1.165) is 5.69 Å². The van der Waals surface area contributed by atoms with Crippen molar-refractivity contribution in [3.05, 3.63) is 29.3 Å². The van der Waals surface area contributed by atoms with Gasteiger partial charge in [0, 0.05) is 10.7 Å². The van der Waals surface area contributed by atoms with Crippen molar-refractivity contribution in [2.45, 2.75) is 0 Å². The normalized spacial score (nSPS) is 8.00. The van der Waals surface area contributed by atoms with Crippen LogP contribution in [0.2, 0.25) is 5.02 Å². The van der Waals surface area contributed by atoms with E-state index in [1.165, 1.54) is 0 Å². The van der Waals surface area contributed by atoms with Crippen LogP contribution in [0.15, 0.2) is 24.3 Å². The van der Waals surface area contributed by atoms with Gasteiger partial charge in [-0.3, -0.25) is 0 Å². The molecule has 1 aromatic rings. The summed E-state index contributed by atoms with van der Waals surface area (Å²) in [7, 11) is 0. The number of hydrogen-bond donors (Lipinski definition) is 1. The van der Waals surface area contributed by atoms with E-state index in [1.54, 1.807) is 12.1 Å². The first-order chi connectivity index (χ1) is 5.33. The van der Waals surface area contributed by atoms with Gasteiger partial charge in [0.2, 0.25) is 0 Å². The lowest BCUT2D eigenvalue weighted by molar-refractivity contribution is 1.32. The minimum Gasteiger partial charge on any atom is -0.372 e. The fourth-order valence-corrected chi connectivity index (χ4v) is 0.835. The zero-order valence-corrected chi connectivity index (χ0v) is 7.82. The van der Waals surface area contributed by atoms with E-state index in [1.807, 2.05) is 18.2 Å². The Morgan fingerprint density at radius 3 is 2.42 bits per heavy atom. The summed E-state index contributed by atoms with van der Waals surface area (Å²) in [5.41, 5.74) is 0.913. The van der Waals surface area contributed by atoms with E-state index in [4.69, 9.17) is 16.9 Å². The van der Waals surface area contributed by atoms with Gasteiger partial charge in [-0.15, -0.1) is 12.4 Å². The lowest BCUT2D eigenvalue weighted by Gasteiger charge is -1.99. The minimum atomic E-state index is 0. The highest BCUT2D eigenvalue weighted by Gasteiger charge is 1.88. The van der Waals surface area contributed by atoms with Crippen LogP contribution in [0.5, 0.6) is 0 Å². The molecule has 1 N–H and O–H groups in total. The van der Waals surface area contributed by atoms with Gasteiger partial charge in [0.1, 0.15) is 6.54 Å². The second kappa shape index (κ2) is 5.70. The van der Waals surface area contributed by atoms with Crippen LogP contribution in [-0.2, 0) is 0 Å². The molecule has 1 aromatic carbocycles. The SMILES string of the molecule is Cl.N#CCNc1ccc(Cl)cc1. The average Bonchev–Trinajstić information content (AvgIpc) is 2.04. The first kappa shape index (κ1) is 11.1. The number of rotatable bonds is 2. The molecule has 0 atom stereocenters. The van der Waals surface area contributed by atoms with Crippen molar-refractivity contribution in [3.8, 4) is 6.07 Å². The summed E-state index contributed by atoms with van der Waals surface area (Å²) in [6.07, 6.45) is 0. The molecule has 0 saturated carbocycles. The number of nitrogens with zero attached hydrogens (tertiary/aromatic N) is 1. The van der Waals surface area contributed by atoms with Crippen LogP contribution >= 0.6 is 24.0 Å². The minimum absolute atomic E-state index is 0. The van der Waals surface area contributed by atoms with Crippen LogP contribution in [0.1, 0.15) is 0 Å². The number of nitriles is 1. The van der Waals surface area contributed by atoms with Crippen LogP contribution in [0.25, 0.3) is 0 Å². The third-order valence-electron chi connectivity index (χ3n) is 1.22. The number of benzene rings is 1. The Hall–Kier alpha value is -0.910. The molecule has 0 aliphatic carbocycles. The van der Waals surface area contributed by atoms with E-state index >= 15 is 0 Å². The zero-order chi connectivity index (χ0) is 8.10. The third kappa shape index (κ3) is 3.47. The van der Waals surface area contributed by atoms with E-state index in [9.17, 15) is 0 Å². The zero-order valence-electron chi connectivity index (χ0n) is 6.25. The lowest BCUT2D eigenvalue weighted by atomic mass is 10.3. The van der Waals surface area contributed by atoms with Gasteiger partial charge in [0.25, 0.3) is 0 Å². The van der Waals surface area contributed by atoms with Crippen molar-refractivity contribution < 1.29 is 0 Å². The van der Waals surface area contributed by atoms with Crippen LogP contribution in [0, 0.1) is 11.3 Å². The molecule has 0 aliphatic heterocycles. The molecule has 0 amide bonds. The highest BCUT2D eigenvalue weighted by molar-refractivity contribution is 6.30. The summed E-state index contributed by atoms with van der Waals surface area (Å²) < 4.78 is 0. The summed E-state index contributed by atoms with van der Waals surface area (Å²) in [6, 6.07) is 9.21. The summed E-state index contributed by atoms with van der Waals surface area (Å²) in [5.74, 6) is 0. The molecule has 0 aromatic heterocycles. The highest BCUT2D eigenvalue weighted by atomic mass is 35.5. The molecule has 12 heavy (non-hydrogen) atoms. The molecule has 0 heterocycles. The molecular formula is C8H8Cl2N2. The molecule has 0 fully saturated rings. The summed E-state index contributed by atoms with van der Waals surface area (Å²) >= 11 is 5.65. The maximum Gasteiger partial charge on any atom is 0.103 e. The maximum absolute atomic E-state index is 8.24. The Morgan fingerprint density at radius 2 is 1.92 bits per heavy atom. The Kier molecular flexibility index (Phi) is 5.27. The number of nitrogens with one attached hydrogen (secondary N) is 1. The van der Waals surface area contributed by atoms with E-state index < -0.39 is 0 Å². The monoisotopic (exact) mass is 202 g/mol. The van der Waals surface area contributed by atoms with E-state index in [-0.39, 0.29) is 12.4 Å². The second-order valence-corrected chi connectivity index (χ2v) is 2.45. The smallest absolute Gasteiger partial charge is 0.103 e. The van der Waals surface area contributed by atoms with Gasteiger partial charge < -0.3 is 5.32 Å². The Labute approximate surface area is 82.6 Å². The molecule has 64 valence electrons. The highest BCUT2D eigenvalue weighted by Crippen LogP contribution is 2.12. The van der Waals surface area contributed by atoms with Gasteiger partial charge >= 0.3 is 0 Å². The van der Waals surface area contributed by atoms with E-state index in [2.05, 4.69) is 5.32 Å². The van der Waals surface area contributed by atoms with Gasteiger partial charge in [-0.1, -0.05) is 11.6 Å². The van der Waals surface area contributed by atoms with Crippen molar-refractivity contribution in [2.75, 3.05) is 11.9 Å².